The summed E-state index contributed by atoms with van der Waals surface area (Å²) in [7, 11) is 0. The average molecular weight is 414 g/mol. The number of pyridine rings is 1. The van der Waals surface area contributed by atoms with Gasteiger partial charge in [0.15, 0.2) is 5.65 Å². The summed E-state index contributed by atoms with van der Waals surface area (Å²) in [6.45, 7) is 6.87. The Labute approximate surface area is 182 Å². The molecule has 158 valence electrons. The Morgan fingerprint density at radius 1 is 1.06 bits per heavy atom. The number of likely N-dealkylation sites (tertiary alicyclic amines) is 1. The first kappa shape index (κ1) is 18.7. The summed E-state index contributed by atoms with van der Waals surface area (Å²) >= 11 is 0. The lowest BCUT2D eigenvalue weighted by molar-refractivity contribution is 0.110. The predicted molar refractivity (Wildman–Crippen MR) is 124 cm³/mol. The summed E-state index contributed by atoms with van der Waals surface area (Å²) in [5.74, 6) is 2.40. The van der Waals surface area contributed by atoms with Crippen LogP contribution in [0.5, 0.6) is 0 Å². The van der Waals surface area contributed by atoms with Crippen molar-refractivity contribution in [3.8, 4) is 11.3 Å². The lowest BCUT2D eigenvalue weighted by Gasteiger charge is -2.48. The van der Waals surface area contributed by atoms with Crippen molar-refractivity contribution in [1.82, 2.24) is 19.9 Å². The van der Waals surface area contributed by atoms with Crippen LogP contribution in [0.25, 0.3) is 22.4 Å². The minimum atomic E-state index is 0.638. The first-order valence-electron chi connectivity index (χ1n) is 11.2. The number of aromatic nitrogens is 3. The van der Waals surface area contributed by atoms with E-state index >= 15 is 0 Å². The second-order valence-corrected chi connectivity index (χ2v) is 9.19. The topological polar surface area (TPSA) is 83.5 Å². The minimum Gasteiger partial charge on any atom is -0.387 e. The number of hydrogen-bond acceptors (Lipinski definition) is 7. The molecular weight excluding hydrogens is 386 g/mol. The molecule has 1 atom stereocenters. The van der Waals surface area contributed by atoms with Gasteiger partial charge in [-0.1, -0.05) is 19.1 Å². The third kappa shape index (κ3) is 3.43. The number of amidine groups is 1. The van der Waals surface area contributed by atoms with Crippen LogP contribution in [-0.2, 0) is 6.42 Å². The third-order valence-electron chi connectivity index (χ3n) is 6.80. The Bertz CT molecular complexity index is 1180. The molecule has 0 saturated carbocycles. The molecule has 2 saturated heterocycles. The molecule has 6 rings (SSSR count). The van der Waals surface area contributed by atoms with Crippen molar-refractivity contribution >= 4 is 28.5 Å². The lowest BCUT2D eigenvalue weighted by atomic mass is 9.96. The van der Waals surface area contributed by atoms with Crippen molar-refractivity contribution in [3.05, 3.63) is 42.1 Å². The zero-order valence-electron chi connectivity index (χ0n) is 17.8. The predicted octanol–water partition coefficient (Wildman–Crippen LogP) is 3.16. The zero-order valence-corrected chi connectivity index (χ0v) is 17.8. The normalized spacial score (nSPS) is 21.8. The van der Waals surface area contributed by atoms with E-state index in [0.29, 0.717) is 17.5 Å². The molecule has 1 aromatic carbocycles. The molecule has 3 aliphatic rings. The summed E-state index contributed by atoms with van der Waals surface area (Å²) in [5, 5.41) is 0. The molecule has 0 aliphatic carbocycles. The molecule has 0 bridgehead atoms. The fourth-order valence-electron chi connectivity index (χ4n) is 5.00. The van der Waals surface area contributed by atoms with Crippen LogP contribution in [0.2, 0.25) is 0 Å². The van der Waals surface area contributed by atoms with Crippen LogP contribution in [-0.4, -0.2) is 57.9 Å². The monoisotopic (exact) mass is 413 g/mol. The minimum absolute atomic E-state index is 0.638. The van der Waals surface area contributed by atoms with Gasteiger partial charge < -0.3 is 10.6 Å². The second kappa shape index (κ2) is 7.27. The van der Waals surface area contributed by atoms with Crippen LogP contribution in [0.4, 0.5) is 11.5 Å². The van der Waals surface area contributed by atoms with E-state index in [1.165, 1.54) is 31.5 Å². The first-order valence-corrected chi connectivity index (χ1v) is 11.2. The Morgan fingerprint density at radius 3 is 2.84 bits per heavy atom. The van der Waals surface area contributed by atoms with Crippen molar-refractivity contribution in [1.29, 1.82) is 0 Å². The van der Waals surface area contributed by atoms with E-state index in [4.69, 9.17) is 15.7 Å². The molecule has 5 heterocycles. The van der Waals surface area contributed by atoms with E-state index in [1.807, 2.05) is 18.3 Å². The molecule has 3 aromatic rings. The summed E-state index contributed by atoms with van der Waals surface area (Å²) in [6.07, 6.45) is 5.29. The van der Waals surface area contributed by atoms with Gasteiger partial charge in [-0.25, -0.2) is 19.9 Å². The molecule has 31 heavy (non-hydrogen) atoms. The number of nitrogens with two attached hydrogens (primary N) is 1. The summed E-state index contributed by atoms with van der Waals surface area (Å²) < 4.78 is 0. The van der Waals surface area contributed by atoms with Gasteiger partial charge in [0, 0.05) is 37.7 Å². The highest BCUT2D eigenvalue weighted by Crippen LogP contribution is 2.31. The fraction of sp³-hybridized carbons (Fsp3) is 0.417. The summed E-state index contributed by atoms with van der Waals surface area (Å²) in [5.41, 5.74) is 11.4. The zero-order chi connectivity index (χ0) is 20.9. The van der Waals surface area contributed by atoms with E-state index in [2.05, 4.69) is 44.9 Å². The second-order valence-electron chi connectivity index (χ2n) is 9.19. The van der Waals surface area contributed by atoms with E-state index in [-0.39, 0.29) is 0 Å². The van der Waals surface area contributed by atoms with E-state index in [9.17, 15) is 0 Å². The number of fused-ring (bicyclic) bond motifs is 2. The van der Waals surface area contributed by atoms with Gasteiger partial charge in [0.05, 0.1) is 17.6 Å². The molecular formula is C24H27N7. The van der Waals surface area contributed by atoms with Crippen LogP contribution in [0.1, 0.15) is 25.3 Å². The van der Waals surface area contributed by atoms with Crippen LogP contribution in [0, 0.1) is 5.92 Å². The van der Waals surface area contributed by atoms with Gasteiger partial charge in [0.2, 0.25) is 0 Å². The third-order valence-corrected chi connectivity index (χ3v) is 6.80. The molecule has 3 aliphatic heterocycles. The maximum atomic E-state index is 5.88. The Morgan fingerprint density at radius 2 is 1.97 bits per heavy atom. The fourth-order valence-corrected chi connectivity index (χ4v) is 5.00. The van der Waals surface area contributed by atoms with Crippen molar-refractivity contribution in [2.24, 2.45) is 16.6 Å². The number of piperidine rings is 1. The van der Waals surface area contributed by atoms with Gasteiger partial charge in [-0.05, 0) is 49.1 Å². The number of rotatable bonds is 3. The maximum Gasteiger partial charge on any atom is 0.180 e. The van der Waals surface area contributed by atoms with Crippen LogP contribution in [0.15, 0.2) is 41.5 Å². The molecule has 7 heteroatoms. The molecule has 0 radical (unpaired) electrons. The van der Waals surface area contributed by atoms with Crippen molar-refractivity contribution in [2.45, 2.75) is 32.2 Å². The number of anilines is 1. The summed E-state index contributed by atoms with van der Waals surface area (Å²) in [6, 6.07) is 10.9. The molecule has 7 nitrogen and oxygen atoms in total. The highest BCUT2D eigenvalue weighted by molar-refractivity contribution is 5.92. The Balaban J connectivity index is 1.23. The van der Waals surface area contributed by atoms with E-state index in [1.54, 1.807) is 0 Å². The number of hydrogen-bond donors (Lipinski definition) is 1. The van der Waals surface area contributed by atoms with Crippen LogP contribution >= 0.6 is 0 Å². The van der Waals surface area contributed by atoms with Gasteiger partial charge in [-0.3, -0.25) is 4.90 Å². The van der Waals surface area contributed by atoms with E-state index < -0.39 is 0 Å². The SMILES string of the molecule is CC1CCCN(C2CN(c3cnc4ccc(-c5ccc6c(c5)N=C(N)C6)nc4n3)C2)C1. The number of benzene rings is 1. The molecule has 1 unspecified atom stereocenters. The van der Waals surface area contributed by atoms with Crippen LogP contribution in [0.3, 0.4) is 0 Å². The molecule has 2 fully saturated rings. The standard InChI is InChI=1S/C24H27N7/c1-15-3-2-8-30(12-15)18-13-31(14-18)23-11-26-20-7-6-19(28-24(20)29-23)16-4-5-17-10-22(25)27-21(17)9-16/h4-7,9,11,15,18H,2-3,8,10,12-14H2,1H3,(H2,25,27). The van der Waals surface area contributed by atoms with Gasteiger partial charge in [-0.2, -0.15) is 0 Å². The van der Waals surface area contributed by atoms with Crippen molar-refractivity contribution in [2.75, 3.05) is 31.1 Å². The van der Waals surface area contributed by atoms with Gasteiger partial charge in [0.1, 0.15) is 17.2 Å². The largest absolute Gasteiger partial charge is 0.387 e. The van der Waals surface area contributed by atoms with Gasteiger partial charge >= 0.3 is 0 Å². The van der Waals surface area contributed by atoms with Crippen molar-refractivity contribution in [3.63, 3.8) is 0 Å². The maximum absolute atomic E-state index is 5.88. The highest BCUT2D eigenvalue weighted by Gasteiger charge is 2.34. The number of aliphatic imine (C=N–C) groups is 1. The van der Waals surface area contributed by atoms with Crippen molar-refractivity contribution < 1.29 is 0 Å². The molecule has 0 spiro atoms. The quantitative estimate of drug-likeness (QED) is 0.710. The molecule has 0 amide bonds. The summed E-state index contributed by atoms with van der Waals surface area (Å²) in [4.78, 5) is 23.7. The highest BCUT2D eigenvalue weighted by atomic mass is 15.3. The van der Waals surface area contributed by atoms with Gasteiger partial charge in [-0.15, -0.1) is 0 Å². The smallest absolute Gasteiger partial charge is 0.180 e. The average Bonchev–Trinajstić information content (AvgIpc) is 3.11. The van der Waals surface area contributed by atoms with E-state index in [0.717, 1.165) is 53.7 Å². The molecule has 2 N–H and O–H groups in total. The Kier molecular flexibility index (Phi) is 4.38. The first-order chi connectivity index (χ1) is 15.1. The Hall–Kier alpha value is -3.06. The van der Waals surface area contributed by atoms with Gasteiger partial charge in [0.25, 0.3) is 0 Å². The van der Waals surface area contributed by atoms with Crippen LogP contribution < -0.4 is 10.6 Å². The number of nitrogens with zero attached hydrogens (tertiary/aromatic N) is 6. The molecule has 2 aromatic heterocycles. The lowest BCUT2D eigenvalue weighted by Crippen LogP contribution is -2.61.